The molecule has 0 aromatic carbocycles. The van der Waals surface area contributed by atoms with Crippen LogP contribution in [0.4, 0.5) is 0 Å². The predicted molar refractivity (Wildman–Crippen MR) is 66.8 cm³/mol. The maximum absolute atomic E-state index is 11.3. The quantitative estimate of drug-likeness (QED) is 0.713. The molecule has 0 spiro atoms. The lowest BCUT2D eigenvalue weighted by molar-refractivity contribution is -0.175. The van der Waals surface area contributed by atoms with Gasteiger partial charge < -0.3 is 4.74 Å². The smallest absolute Gasteiger partial charge is 0.303 e. The molecule has 3 fully saturated rings. The number of ether oxygens (including phenoxy) is 1. The van der Waals surface area contributed by atoms with Crippen LogP contribution in [-0.2, 0) is 14.3 Å². The topological polar surface area (TPSA) is 46.6 Å². The Morgan fingerprint density at radius 1 is 1.35 bits per heavy atom. The van der Waals surface area contributed by atoms with Gasteiger partial charge in [0.25, 0.3) is 0 Å². The van der Waals surface area contributed by atoms with Crippen LogP contribution in [-0.4, -0.2) is 47.0 Å². The molecule has 0 aromatic heterocycles. The van der Waals surface area contributed by atoms with Crippen LogP contribution in [0.2, 0.25) is 0 Å². The fourth-order valence-corrected chi connectivity index (χ4v) is 3.78. The van der Waals surface area contributed by atoms with E-state index in [-0.39, 0.29) is 11.1 Å². The van der Waals surface area contributed by atoms with Gasteiger partial charge in [0.15, 0.2) is 5.12 Å². The van der Waals surface area contributed by atoms with Gasteiger partial charge in [-0.05, 0) is 25.9 Å². The number of rotatable bonds is 3. The highest BCUT2D eigenvalue weighted by Gasteiger charge is 2.49. The van der Waals surface area contributed by atoms with Gasteiger partial charge in [0.2, 0.25) is 0 Å². The third kappa shape index (κ3) is 2.83. The van der Waals surface area contributed by atoms with E-state index in [1.807, 2.05) is 0 Å². The number of nitrogens with zero attached hydrogens (tertiary/aromatic N) is 1. The van der Waals surface area contributed by atoms with Gasteiger partial charge in [0.05, 0.1) is 0 Å². The summed E-state index contributed by atoms with van der Waals surface area (Å²) in [5, 5.41) is 0.0907. The molecular formula is C12H19NO3S. The molecule has 0 amide bonds. The molecule has 0 radical (unpaired) electrons. The molecule has 96 valence electrons. The summed E-state index contributed by atoms with van der Waals surface area (Å²) < 4.78 is 5.61. The van der Waals surface area contributed by atoms with Gasteiger partial charge in [-0.25, -0.2) is 0 Å². The molecule has 0 aromatic rings. The van der Waals surface area contributed by atoms with E-state index in [1.165, 1.54) is 18.7 Å². The molecule has 5 heteroatoms. The average Bonchev–Trinajstić information content (AvgIpc) is 2.27. The van der Waals surface area contributed by atoms with Crippen molar-refractivity contribution in [1.82, 2.24) is 4.90 Å². The molecule has 17 heavy (non-hydrogen) atoms. The number of esters is 1. The monoisotopic (exact) mass is 257 g/mol. The summed E-state index contributed by atoms with van der Waals surface area (Å²) in [6.07, 6.45) is 2.15. The molecular weight excluding hydrogens is 238 g/mol. The second kappa shape index (κ2) is 4.98. The summed E-state index contributed by atoms with van der Waals surface area (Å²) in [5.41, 5.74) is -0.432. The standard InChI is InChI=1S/C12H19NO3S/c1-9(14)16-12(8-17-10(2)15)7-13-5-3-11(12)4-6-13/h11H,3-8H2,1-2H3. The average molecular weight is 257 g/mol. The second-order valence-corrected chi connectivity index (χ2v) is 6.14. The molecule has 3 rings (SSSR count). The van der Waals surface area contributed by atoms with Crippen LogP contribution < -0.4 is 0 Å². The first-order chi connectivity index (χ1) is 8.02. The Kier molecular flexibility index (Phi) is 3.78. The highest BCUT2D eigenvalue weighted by atomic mass is 32.2. The van der Waals surface area contributed by atoms with Gasteiger partial charge in [0, 0.05) is 32.1 Å². The van der Waals surface area contributed by atoms with Gasteiger partial charge >= 0.3 is 5.97 Å². The zero-order valence-corrected chi connectivity index (χ0v) is 11.2. The third-order valence-corrected chi connectivity index (χ3v) is 4.73. The van der Waals surface area contributed by atoms with Crippen LogP contribution in [0, 0.1) is 5.92 Å². The van der Waals surface area contributed by atoms with Crippen molar-refractivity contribution in [2.45, 2.75) is 32.3 Å². The van der Waals surface area contributed by atoms with Crippen molar-refractivity contribution in [2.75, 3.05) is 25.4 Å². The van der Waals surface area contributed by atoms with Gasteiger partial charge in [-0.3, -0.25) is 14.5 Å². The summed E-state index contributed by atoms with van der Waals surface area (Å²) in [6, 6.07) is 0. The number of fused-ring (bicyclic) bond motifs is 3. The van der Waals surface area contributed by atoms with Crippen molar-refractivity contribution in [2.24, 2.45) is 5.92 Å². The van der Waals surface area contributed by atoms with Crippen LogP contribution in [0.3, 0.4) is 0 Å². The van der Waals surface area contributed by atoms with Crippen molar-refractivity contribution >= 4 is 22.8 Å². The van der Waals surface area contributed by atoms with E-state index in [9.17, 15) is 9.59 Å². The summed E-state index contributed by atoms with van der Waals surface area (Å²) in [4.78, 5) is 24.8. The van der Waals surface area contributed by atoms with Crippen molar-refractivity contribution < 1.29 is 14.3 Å². The van der Waals surface area contributed by atoms with Gasteiger partial charge in [-0.1, -0.05) is 11.8 Å². The van der Waals surface area contributed by atoms with E-state index in [4.69, 9.17) is 4.74 Å². The number of thioether (sulfide) groups is 1. The first-order valence-electron chi connectivity index (χ1n) is 6.07. The lowest BCUT2D eigenvalue weighted by Gasteiger charge is -2.52. The Morgan fingerprint density at radius 3 is 2.41 bits per heavy atom. The maximum atomic E-state index is 11.3. The molecule has 0 N–H and O–H groups in total. The fourth-order valence-electron chi connectivity index (χ4n) is 2.94. The van der Waals surface area contributed by atoms with Crippen LogP contribution in [0.1, 0.15) is 26.7 Å². The molecule has 1 atom stereocenters. The fraction of sp³-hybridized carbons (Fsp3) is 0.833. The predicted octanol–water partition coefficient (Wildman–Crippen LogP) is 1.29. The van der Waals surface area contributed by atoms with Crippen molar-refractivity contribution in [3.05, 3.63) is 0 Å². The minimum atomic E-state index is -0.432. The second-order valence-electron chi connectivity index (χ2n) is 4.99. The summed E-state index contributed by atoms with van der Waals surface area (Å²) in [7, 11) is 0. The first kappa shape index (κ1) is 12.9. The number of hydrogen-bond donors (Lipinski definition) is 0. The number of carbonyl (C=O) groups is 2. The minimum Gasteiger partial charge on any atom is -0.457 e. The van der Waals surface area contributed by atoms with E-state index in [1.54, 1.807) is 6.92 Å². The zero-order chi connectivity index (χ0) is 12.5. The Bertz CT molecular complexity index is 326. The zero-order valence-electron chi connectivity index (χ0n) is 10.4. The van der Waals surface area contributed by atoms with Gasteiger partial charge in [-0.2, -0.15) is 0 Å². The van der Waals surface area contributed by atoms with Gasteiger partial charge in [0.1, 0.15) is 5.60 Å². The Morgan fingerprint density at radius 2 is 2.00 bits per heavy atom. The van der Waals surface area contributed by atoms with E-state index < -0.39 is 5.60 Å². The van der Waals surface area contributed by atoms with Crippen molar-refractivity contribution in [3.63, 3.8) is 0 Å². The SMILES string of the molecule is CC(=O)OC1(CSC(C)=O)CN2CCC1CC2. The normalized spacial score (nSPS) is 35.6. The lowest BCUT2D eigenvalue weighted by atomic mass is 9.76. The number of hydrogen-bond acceptors (Lipinski definition) is 5. The van der Waals surface area contributed by atoms with E-state index in [0.29, 0.717) is 11.7 Å². The lowest BCUT2D eigenvalue weighted by Crippen LogP contribution is -2.62. The highest BCUT2D eigenvalue weighted by Crippen LogP contribution is 2.40. The Balaban J connectivity index is 2.11. The number of carbonyl (C=O) groups excluding carboxylic acids is 2. The Hall–Kier alpha value is -0.550. The summed E-state index contributed by atoms with van der Waals surface area (Å²) in [6.45, 7) is 6.00. The summed E-state index contributed by atoms with van der Waals surface area (Å²) in [5.74, 6) is 0.787. The van der Waals surface area contributed by atoms with Crippen LogP contribution >= 0.6 is 11.8 Å². The van der Waals surface area contributed by atoms with E-state index >= 15 is 0 Å². The minimum absolute atomic E-state index is 0.0907. The van der Waals surface area contributed by atoms with Crippen molar-refractivity contribution in [1.29, 1.82) is 0 Å². The van der Waals surface area contributed by atoms with E-state index in [0.717, 1.165) is 32.5 Å². The van der Waals surface area contributed by atoms with Crippen LogP contribution in [0.5, 0.6) is 0 Å². The molecule has 4 nitrogen and oxygen atoms in total. The summed E-state index contributed by atoms with van der Waals surface area (Å²) >= 11 is 1.28. The van der Waals surface area contributed by atoms with Crippen LogP contribution in [0.25, 0.3) is 0 Å². The largest absolute Gasteiger partial charge is 0.457 e. The highest BCUT2D eigenvalue weighted by molar-refractivity contribution is 8.13. The molecule has 3 aliphatic rings. The number of piperidine rings is 3. The molecule has 3 heterocycles. The molecule has 3 aliphatic heterocycles. The van der Waals surface area contributed by atoms with Crippen molar-refractivity contribution in [3.8, 4) is 0 Å². The molecule has 0 aliphatic carbocycles. The molecule has 3 saturated heterocycles. The van der Waals surface area contributed by atoms with Gasteiger partial charge in [-0.15, -0.1) is 0 Å². The molecule has 0 saturated carbocycles. The maximum Gasteiger partial charge on any atom is 0.303 e. The third-order valence-electron chi connectivity index (χ3n) is 3.69. The van der Waals surface area contributed by atoms with E-state index in [2.05, 4.69) is 4.90 Å². The van der Waals surface area contributed by atoms with Crippen LogP contribution in [0.15, 0.2) is 0 Å². The molecule has 1 unspecified atom stereocenters. The first-order valence-corrected chi connectivity index (χ1v) is 7.06. The molecule has 2 bridgehead atoms. The Labute approximate surface area is 106 Å².